The Kier molecular flexibility index (Phi) is 5.08. The van der Waals surface area contributed by atoms with Gasteiger partial charge in [0.2, 0.25) is 0 Å². The number of H-pyrrole nitrogens is 1. The summed E-state index contributed by atoms with van der Waals surface area (Å²) in [6, 6.07) is 4.06. The average Bonchev–Trinajstić information content (AvgIpc) is 3.51. The second-order valence-electron chi connectivity index (χ2n) is 8.01. The molecular weight excluding hydrogens is 424 g/mol. The Labute approximate surface area is 181 Å². The zero-order chi connectivity index (χ0) is 22.3. The maximum Gasteiger partial charge on any atom is 0.276 e. The van der Waals surface area contributed by atoms with Crippen molar-refractivity contribution >= 4 is 22.8 Å². The minimum Gasteiger partial charge on any atom is -0.378 e. The van der Waals surface area contributed by atoms with Gasteiger partial charge in [-0.25, -0.2) is 18.4 Å². The summed E-state index contributed by atoms with van der Waals surface area (Å²) < 4.78 is 35.1. The van der Waals surface area contributed by atoms with Gasteiger partial charge in [-0.2, -0.15) is 0 Å². The molecule has 168 valence electrons. The van der Waals surface area contributed by atoms with Gasteiger partial charge in [-0.3, -0.25) is 9.59 Å². The van der Waals surface area contributed by atoms with E-state index in [0.29, 0.717) is 42.9 Å². The molecule has 0 spiro atoms. The average molecular weight is 445 g/mol. The van der Waals surface area contributed by atoms with Crippen LogP contribution in [-0.4, -0.2) is 91.4 Å². The van der Waals surface area contributed by atoms with Crippen molar-refractivity contribution in [2.45, 2.75) is 24.9 Å². The van der Waals surface area contributed by atoms with E-state index in [1.165, 1.54) is 22.1 Å². The summed E-state index contributed by atoms with van der Waals surface area (Å²) in [5.74, 6) is -3.78. The van der Waals surface area contributed by atoms with Crippen molar-refractivity contribution < 1.29 is 23.1 Å². The summed E-state index contributed by atoms with van der Waals surface area (Å²) >= 11 is 0. The Hall–Kier alpha value is -3.41. The molecule has 0 radical (unpaired) electrons. The van der Waals surface area contributed by atoms with Gasteiger partial charge in [-0.05, 0) is 18.2 Å². The lowest BCUT2D eigenvalue weighted by Crippen LogP contribution is -2.40. The summed E-state index contributed by atoms with van der Waals surface area (Å²) in [6.07, 6.45) is 2.46. The predicted molar refractivity (Wildman–Crippen MR) is 107 cm³/mol. The highest BCUT2D eigenvalue weighted by atomic mass is 19.3. The highest BCUT2D eigenvalue weighted by Gasteiger charge is 2.47. The van der Waals surface area contributed by atoms with Gasteiger partial charge in [0, 0.05) is 25.1 Å². The molecule has 12 heteroatoms. The first-order valence-corrected chi connectivity index (χ1v) is 10.3. The molecule has 1 aromatic carbocycles. The number of rotatable bonds is 4. The fourth-order valence-corrected chi connectivity index (χ4v) is 4.16. The summed E-state index contributed by atoms with van der Waals surface area (Å²) in [7, 11) is 0. The first kappa shape index (κ1) is 20.5. The predicted octanol–water partition coefficient (Wildman–Crippen LogP) is 1.18. The van der Waals surface area contributed by atoms with Crippen molar-refractivity contribution in [1.29, 1.82) is 0 Å². The van der Waals surface area contributed by atoms with Crippen molar-refractivity contribution in [2.24, 2.45) is 0 Å². The number of carbonyl (C=O) groups excluding carboxylic acids is 2. The number of halogens is 2. The Morgan fingerprint density at radius 1 is 1.22 bits per heavy atom. The van der Waals surface area contributed by atoms with E-state index in [0.717, 1.165) is 0 Å². The van der Waals surface area contributed by atoms with Gasteiger partial charge >= 0.3 is 0 Å². The largest absolute Gasteiger partial charge is 0.378 e. The van der Waals surface area contributed by atoms with E-state index in [2.05, 4.69) is 20.3 Å². The summed E-state index contributed by atoms with van der Waals surface area (Å²) in [5.41, 5.74) is 1.77. The highest BCUT2D eigenvalue weighted by molar-refractivity contribution is 5.97. The van der Waals surface area contributed by atoms with E-state index in [1.54, 1.807) is 23.1 Å². The highest BCUT2D eigenvalue weighted by Crippen LogP contribution is 2.34. The van der Waals surface area contributed by atoms with E-state index in [-0.39, 0.29) is 18.1 Å². The van der Waals surface area contributed by atoms with Crippen LogP contribution in [0.5, 0.6) is 0 Å². The molecule has 2 aliphatic heterocycles. The van der Waals surface area contributed by atoms with Crippen LogP contribution in [0.1, 0.15) is 27.3 Å². The number of imidazole rings is 1. The normalized spacial score (nSPS) is 20.8. The van der Waals surface area contributed by atoms with Crippen LogP contribution in [0.25, 0.3) is 11.0 Å². The van der Waals surface area contributed by atoms with Gasteiger partial charge in [-0.1, -0.05) is 5.21 Å². The number of likely N-dealkylation sites (tertiary alicyclic amines) is 1. The number of aromatic amines is 1. The van der Waals surface area contributed by atoms with Gasteiger partial charge in [-0.15, -0.1) is 5.10 Å². The molecule has 0 bridgehead atoms. The molecule has 10 nitrogen and oxygen atoms in total. The molecule has 2 aromatic heterocycles. The van der Waals surface area contributed by atoms with E-state index in [9.17, 15) is 18.4 Å². The van der Waals surface area contributed by atoms with Gasteiger partial charge in [0.15, 0.2) is 5.69 Å². The van der Waals surface area contributed by atoms with Crippen LogP contribution in [0.3, 0.4) is 0 Å². The second kappa shape index (κ2) is 7.93. The number of carbonyl (C=O) groups is 2. The number of aromatic nitrogens is 5. The van der Waals surface area contributed by atoms with Gasteiger partial charge in [0.05, 0.1) is 55.9 Å². The fourth-order valence-electron chi connectivity index (χ4n) is 4.16. The minimum atomic E-state index is -3.01. The quantitative estimate of drug-likeness (QED) is 0.646. The maximum absolute atomic E-state index is 14.3. The van der Waals surface area contributed by atoms with Crippen LogP contribution in [0.2, 0.25) is 0 Å². The molecule has 1 N–H and O–H groups in total. The first-order valence-electron chi connectivity index (χ1n) is 10.3. The Morgan fingerprint density at radius 2 is 2.03 bits per heavy atom. The first-order chi connectivity index (χ1) is 15.4. The zero-order valence-electron chi connectivity index (χ0n) is 17.1. The lowest BCUT2D eigenvalue weighted by Gasteiger charge is -2.25. The van der Waals surface area contributed by atoms with Crippen LogP contribution in [0, 0.1) is 0 Å². The van der Waals surface area contributed by atoms with Crippen molar-refractivity contribution in [3.8, 4) is 0 Å². The summed E-state index contributed by atoms with van der Waals surface area (Å²) in [4.78, 5) is 35.4. The van der Waals surface area contributed by atoms with Crippen molar-refractivity contribution in [3.05, 3.63) is 42.0 Å². The van der Waals surface area contributed by atoms with Crippen LogP contribution in [0.15, 0.2) is 30.7 Å². The topological polar surface area (TPSA) is 109 Å². The van der Waals surface area contributed by atoms with E-state index in [1.807, 2.05) is 0 Å². The fraction of sp³-hybridized carbons (Fsp3) is 0.450. The molecule has 2 fully saturated rings. The third-order valence-electron chi connectivity index (χ3n) is 5.76. The number of alkyl halides is 2. The number of morpholine rings is 1. The standard InChI is InChI=1S/C20H21F2N7O3/c21-20(22)8-14(9-28-10-17(25-26-28)19(31)27-3-5-32-6-4-27)29(11-20)18(30)13-1-2-15-16(7-13)24-12-23-15/h1-2,7,10,12,14H,3-6,8-9,11H2,(H,23,24)/t14-/m0/s1. The number of fused-ring (bicyclic) bond motifs is 1. The van der Waals surface area contributed by atoms with Crippen molar-refractivity contribution in [2.75, 3.05) is 32.8 Å². The van der Waals surface area contributed by atoms with E-state index < -0.39 is 30.8 Å². The number of amides is 2. The minimum absolute atomic E-state index is 0.0109. The number of ether oxygens (including phenoxy) is 1. The van der Waals surface area contributed by atoms with Crippen LogP contribution in [0.4, 0.5) is 8.78 Å². The monoisotopic (exact) mass is 445 g/mol. The number of nitrogens with zero attached hydrogens (tertiary/aromatic N) is 6. The molecule has 0 unspecified atom stereocenters. The molecule has 2 amide bonds. The number of nitrogens with one attached hydrogen (secondary N) is 1. The summed E-state index contributed by atoms with van der Waals surface area (Å²) in [6.45, 7) is 1.17. The SMILES string of the molecule is O=C(c1cn(C[C@@H]2CC(F)(F)CN2C(=O)c2ccc3nc[nH]c3c2)nn1)N1CCOCC1. The van der Waals surface area contributed by atoms with Crippen LogP contribution >= 0.6 is 0 Å². The van der Waals surface area contributed by atoms with Crippen molar-refractivity contribution in [1.82, 2.24) is 34.8 Å². The lowest BCUT2D eigenvalue weighted by molar-refractivity contribution is 0.0117. The number of benzene rings is 1. The second-order valence-corrected chi connectivity index (χ2v) is 8.01. The summed E-state index contributed by atoms with van der Waals surface area (Å²) in [5, 5.41) is 7.84. The molecule has 32 heavy (non-hydrogen) atoms. The molecule has 5 rings (SSSR count). The third-order valence-corrected chi connectivity index (χ3v) is 5.76. The molecule has 2 saturated heterocycles. The molecule has 4 heterocycles. The molecule has 1 atom stereocenters. The van der Waals surface area contributed by atoms with Gasteiger partial charge in [0.25, 0.3) is 17.7 Å². The zero-order valence-corrected chi connectivity index (χ0v) is 17.1. The Bertz CT molecular complexity index is 1150. The molecular formula is C20H21F2N7O3. The molecule has 0 aliphatic carbocycles. The Balaban J connectivity index is 1.33. The number of hydrogen-bond donors (Lipinski definition) is 1. The molecule has 3 aromatic rings. The van der Waals surface area contributed by atoms with E-state index >= 15 is 0 Å². The van der Waals surface area contributed by atoms with Crippen LogP contribution < -0.4 is 0 Å². The smallest absolute Gasteiger partial charge is 0.276 e. The van der Waals surface area contributed by atoms with Crippen molar-refractivity contribution in [3.63, 3.8) is 0 Å². The third kappa shape index (κ3) is 3.93. The van der Waals surface area contributed by atoms with Crippen LogP contribution in [-0.2, 0) is 11.3 Å². The maximum atomic E-state index is 14.3. The van der Waals surface area contributed by atoms with Gasteiger partial charge in [0.1, 0.15) is 0 Å². The number of hydrogen-bond acceptors (Lipinski definition) is 6. The Morgan fingerprint density at radius 3 is 2.84 bits per heavy atom. The molecule has 2 aliphatic rings. The van der Waals surface area contributed by atoms with E-state index in [4.69, 9.17) is 4.74 Å². The molecule has 0 saturated carbocycles. The van der Waals surface area contributed by atoms with Gasteiger partial charge < -0.3 is 19.5 Å². The lowest BCUT2D eigenvalue weighted by atomic mass is 10.1.